The number of nitrogens with zero attached hydrogens (tertiary/aromatic N) is 1. The van der Waals surface area contributed by atoms with Crippen LogP contribution in [0.25, 0.3) is 0 Å². The number of amides is 1. The van der Waals surface area contributed by atoms with Gasteiger partial charge in [0.25, 0.3) is 0 Å². The summed E-state index contributed by atoms with van der Waals surface area (Å²) in [6.45, 7) is 7.21. The highest BCUT2D eigenvalue weighted by atomic mass is 16.2. The van der Waals surface area contributed by atoms with E-state index in [1.54, 1.807) is 0 Å². The van der Waals surface area contributed by atoms with Gasteiger partial charge >= 0.3 is 0 Å². The summed E-state index contributed by atoms with van der Waals surface area (Å²) < 4.78 is 0. The normalized spacial score (nSPS) is 29.8. The maximum atomic E-state index is 12.7. The maximum Gasteiger partial charge on any atom is 0.226 e. The molecule has 2 aliphatic rings. The Bertz CT molecular complexity index is 295. The van der Waals surface area contributed by atoms with Gasteiger partial charge in [0.05, 0.1) is 0 Å². The third-order valence-corrected chi connectivity index (χ3v) is 5.32. The quantitative estimate of drug-likeness (QED) is 0.853. The van der Waals surface area contributed by atoms with Crippen molar-refractivity contribution in [3.63, 3.8) is 0 Å². The average molecular weight is 266 g/mol. The van der Waals surface area contributed by atoms with Gasteiger partial charge in [-0.3, -0.25) is 4.79 Å². The van der Waals surface area contributed by atoms with Crippen molar-refractivity contribution < 1.29 is 4.79 Å². The van der Waals surface area contributed by atoms with E-state index in [0.717, 1.165) is 37.8 Å². The van der Waals surface area contributed by atoms with Gasteiger partial charge < -0.3 is 10.6 Å². The van der Waals surface area contributed by atoms with Crippen LogP contribution in [0.15, 0.2) is 0 Å². The second-order valence-corrected chi connectivity index (χ2v) is 6.79. The first-order valence-electron chi connectivity index (χ1n) is 8.12. The number of likely N-dealkylation sites (tertiary alicyclic amines) is 1. The molecular weight excluding hydrogens is 236 g/mol. The lowest BCUT2D eigenvalue weighted by Gasteiger charge is -2.38. The van der Waals surface area contributed by atoms with E-state index in [2.05, 4.69) is 18.7 Å². The molecule has 1 aliphatic heterocycles. The lowest BCUT2D eigenvalue weighted by atomic mass is 9.78. The molecule has 2 atom stereocenters. The first-order valence-corrected chi connectivity index (χ1v) is 8.12. The minimum atomic E-state index is 0.217. The van der Waals surface area contributed by atoms with Gasteiger partial charge in [0.2, 0.25) is 5.91 Å². The Kier molecular flexibility index (Phi) is 5.26. The monoisotopic (exact) mass is 266 g/mol. The fourth-order valence-electron chi connectivity index (χ4n) is 3.84. The van der Waals surface area contributed by atoms with E-state index in [-0.39, 0.29) is 5.92 Å². The van der Waals surface area contributed by atoms with Crippen molar-refractivity contribution in [1.29, 1.82) is 0 Å². The summed E-state index contributed by atoms with van der Waals surface area (Å²) in [5.74, 6) is 2.61. The molecule has 2 unspecified atom stereocenters. The van der Waals surface area contributed by atoms with Crippen molar-refractivity contribution in [2.75, 3.05) is 19.6 Å². The van der Waals surface area contributed by atoms with E-state index >= 15 is 0 Å². The summed E-state index contributed by atoms with van der Waals surface area (Å²) in [6, 6.07) is 0. The Morgan fingerprint density at radius 1 is 1.16 bits per heavy atom. The van der Waals surface area contributed by atoms with Crippen molar-refractivity contribution in [3.8, 4) is 0 Å². The van der Waals surface area contributed by atoms with Gasteiger partial charge in [0.1, 0.15) is 0 Å². The molecule has 1 saturated heterocycles. The summed E-state index contributed by atoms with van der Waals surface area (Å²) in [7, 11) is 0. The van der Waals surface area contributed by atoms with Gasteiger partial charge in [-0.15, -0.1) is 0 Å². The highest BCUT2D eigenvalue weighted by molar-refractivity contribution is 5.79. The Balaban J connectivity index is 1.89. The van der Waals surface area contributed by atoms with Crippen LogP contribution >= 0.6 is 0 Å². The number of carbonyl (C=O) groups is 1. The summed E-state index contributed by atoms with van der Waals surface area (Å²) in [5.41, 5.74) is 5.85. The van der Waals surface area contributed by atoms with Gasteiger partial charge in [0, 0.05) is 19.0 Å². The molecule has 110 valence electrons. The van der Waals surface area contributed by atoms with Gasteiger partial charge in [-0.1, -0.05) is 26.7 Å². The molecule has 2 rings (SSSR count). The molecule has 1 heterocycles. The third kappa shape index (κ3) is 3.50. The smallest absolute Gasteiger partial charge is 0.226 e. The van der Waals surface area contributed by atoms with Crippen molar-refractivity contribution >= 4 is 5.91 Å². The van der Waals surface area contributed by atoms with Crippen LogP contribution in [0.2, 0.25) is 0 Å². The second-order valence-electron chi connectivity index (χ2n) is 6.79. The van der Waals surface area contributed by atoms with E-state index in [9.17, 15) is 4.79 Å². The zero-order chi connectivity index (χ0) is 13.8. The number of carbonyl (C=O) groups excluding carboxylic acids is 1. The molecular formula is C16H30N2O. The molecule has 0 aromatic rings. The van der Waals surface area contributed by atoms with Crippen molar-refractivity contribution in [2.24, 2.45) is 29.4 Å². The van der Waals surface area contributed by atoms with E-state index < -0.39 is 0 Å². The van der Waals surface area contributed by atoms with Crippen LogP contribution in [0.4, 0.5) is 0 Å². The first kappa shape index (κ1) is 14.8. The van der Waals surface area contributed by atoms with Crippen LogP contribution in [-0.2, 0) is 4.79 Å². The van der Waals surface area contributed by atoms with Gasteiger partial charge in [-0.25, -0.2) is 0 Å². The minimum Gasteiger partial charge on any atom is -0.342 e. The van der Waals surface area contributed by atoms with Crippen molar-refractivity contribution in [3.05, 3.63) is 0 Å². The van der Waals surface area contributed by atoms with Gasteiger partial charge in [-0.2, -0.15) is 0 Å². The zero-order valence-corrected chi connectivity index (χ0v) is 12.6. The average Bonchev–Trinajstić information content (AvgIpc) is 2.46. The standard InChI is InChI=1S/C16H30N2O/c1-12(2)13-7-9-18(10-8-13)16(19)15-6-4-3-5-14(15)11-17/h12-15H,3-11,17H2,1-2H3. The molecule has 3 nitrogen and oxygen atoms in total. The van der Waals surface area contributed by atoms with Crippen LogP contribution in [-0.4, -0.2) is 30.4 Å². The highest BCUT2D eigenvalue weighted by Gasteiger charge is 2.34. The van der Waals surface area contributed by atoms with E-state index in [0.29, 0.717) is 18.4 Å². The largest absolute Gasteiger partial charge is 0.342 e. The predicted molar refractivity (Wildman–Crippen MR) is 78.6 cm³/mol. The topological polar surface area (TPSA) is 46.3 Å². The molecule has 0 radical (unpaired) electrons. The van der Waals surface area contributed by atoms with Crippen molar-refractivity contribution in [2.45, 2.75) is 52.4 Å². The van der Waals surface area contributed by atoms with E-state index in [4.69, 9.17) is 5.73 Å². The van der Waals surface area contributed by atoms with Crippen LogP contribution in [0.3, 0.4) is 0 Å². The molecule has 2 fully saturated rings. The Labute approximate surface area is 117 Å². The van der Waals surface area contributed by atoms with Crippen LogP contribution in [0.1, 0.15) is 52.4 Å². The first-order chi connectivity index (χ1) is 9.13. The molecule has 19 heavy (non-hydrogen) atoms. The lowest BCUT2D eigenvalue weighted by Crippen LogP contribution is -2.46. The van der Waals surface area contributed by atoms with Crippen molar-refractivity contribution in [1.82, 2.24) is 4.90 Å². The highest BCUT2D eigenvalue weighted by Crippen LogP contribution is 2.32. The number of hydrogen-bond acceptors (Lipinski definition) is 2. The Morgan fingerprint density at radius 2 is 1.79 bits per heavy atom. The summed E-state index contributed by atoms with van der Waals surface area (Å²) in [6.07, 6.45) is 7.03. The second kappa shape index (κ2) is 6.74. The fourth-order valence-corrected chi connectivity index (χ4v) is 3.84. The molecule has 0 bridgehead atoms. The molecule has 1 aliphatic carbocycles. The van der Waals surface area contributed by atoms with Crippen LogP contribution in [0.5, 0.6) is 0 Å². The van der Waals surface area contributed by atoms with Crippen LogP contribution in [0, 0.1) is 23.7 Å². The molecule has 0 aromatic heterocycles. The molecule has 0 spiro atoms. The minimum absolute atomic E-state index is 0.217. The fraction of sp³-hybridized carbons (Fsp3) is 0.938. The number of rotatable bonds is 3. The SMILES string of the molecule is CC(C)C1CCN(C(=O)C2CCCCC2CN)CC1. The maximum absolute atomic E-state index is 12.7. The number of piperidine rings is 1. The summed E-state index contributed by atoms with van der Waals surface area (Å²) in [4.78, 5) is 14.8. The zero-order valence-electron chi connectivity index (χ0n) is 12.6. The Morgan fingerprint density at radius 3 is 2.37 bits per heavy atom. The number of nitrogens with two attached hydrogens (primary N) is 1. The molecule has 2 N–H and O–H groups in total. The van der Waals surface area contributed by atoms with Gasteiger partial charge in [0.15, 0.2) is 0 Å². The molecule has 3 heteroatoms. The Hall–Kier alpha value is -0.570. The molecule has 1 saturated carbocycles. The summed E-state index contributed by atoms with van der Waals surface area (Å²) in [5, 5.41) is 0. The lowest BCUT2D eigenvalue weighted by molar-refractivity contribution is -0.140. The van der Waals surface area contributed by atoms with E-state index in [1.807, 2.05) is 0 Å². The van der Waals surface area contributed by atoms with Crippen LogP contribution < -0.4 is 5.73 Å². The number of hydrogen-bond donors (Lipinski definition) is 1. The third-order valence-electron chi connectivity index (χ3n) is 5.32. The van der Waals surface area contributed by atoms with E-state index in [1.165, 1.54) is 25.7 Å². The van der Waals surface area contributed by atoms with Gasteiger partial charge in [-0.05, 0) is 50.0 Å². The summed E-state index contributed by atoms with van der Waals surface area (Å²) >= 11 is 0. The molecule has 0 aromatic carbocycles. The predicted octanol–water partition coefficient (Wildman–Crippen LogP) is 2.65. The molecule has 1 amide bonds.